The van der Waals surface area contributed by atoms with Crippen molar-refractivity contribution >= 4 is 11.6 Å². The van der Waals surface area contributed by atoms with Crippen LogP contribution in [0.25, 0.3) is 0 Å². The van der Waals surface area contributed by atoms with Crippen LogP contribution in [-0.2, 0) is 4.74 Å². The Balaban J connectivity index is 1.99. The van der Waals surface area contributed by atoms with Crippen LogP contribution in [0.4, 0.5) is 10.1 Å². The number of hydrogen-bond acceptors (Lipinski definition) is 4. The molecule has 2 atom stereocenters. The molecular weight excluding hydrogens is 291 g/mol. The molecule has 0 spiro atoms. The SMILES string of the molecule is CC(C)C1OCCC1CNC(=O)c1ccc([N+](=O)[O-])cc1F. The highest BCUT2D eigenvalue weighted by molar-refractivity contribution is 5.94. The van der Waals surface area contributed by atoms with E-state index in [0.29, 0.717) is 19.1 Å². The third-order valence-corrected chi connectivity index (χ3v) is 3.85. The van der Waals surface area contributed by atoms with Gasteiger partial charge < -0.3 is 10.1 Å². The van der Waals surface area contributed by atoms with E-state index in [4.69, 9.17) is 4.74 Å². The van der Waals surface area contributed by atoms with Gasteiger partial charge >= 0.3 is 0 Å². The molecule has 1 saturated heterocycles. The Morgan fingerprint density at radius 2 is 2.27 bits per heavy atom. The van der Waals surface area contributed by atoms with Gasteiger partial charge in [0, 0.05) is 25.1 Å². The van der Waals surface area contributed by atoms with E-state index >= 15 is 0 Å². The number of ether oxygens (including phenoxy) is 1. The molecule has 0 aliphatic carbocycles. The first-order valence-corrected chi connectivity index (χ1v) is 7.24. The maximum Gasteiger partial charge on any atom is 0.272 e. The van der Waals surface area contributed by atoms with Gasteiger partial charge in [-0.3, -0.25) is 14.9 Å². The smallest absolute Gasteiger partial charge is 0.272 e. The summed E-state index contributed by atoms with van der Waals surface area (Å²) in [4.78, 5) is 21.9. The second-order valence-electron chi connectivity index (χ2n) is 5.76. The minimum absolute atomic E-state index is 0.0852. The third kappa shape index (κ3) is 3.59. The number of amides is 1. The van der Waals surface area contributed by atoms with Crippen molar-refractivity contribution in [3.63, 3.8) is 0 Å². The van der Waals surface area contributed by atoms with Gasteiger partial charge in [0.2, 0.25) is 0 Å². The second kappa shape index (κ2) is 6.83. The monoisotopic (exact) mass is 310 g/mol. The molecule has 1 heterocycles. The first-order chi connectivity index (χ1) is 10.4. The van der Waals surface area contributed by atoms with Crippen LogP contribution in [0.3, 0.4) is 0 Å². The fourth-order valence-electron chi connectivity index (χ4n) is 2.73. The fourth-order valence-corrected chi connectivity index (χ4v) is 2.73. The summed E-state index contributed by atoms with van der Waals surface area (Å²) in [5, 5.41) is 13.2. The molecule has 1 amide bonds. The zero-order chi connectivity index (χ0) is 16.3. The Morgan fingerprint density at radius 1 is 1.55 bits per heavy atom. The Hall–Kier alpha value is -2.02. The van der Waals surface area contributed by atoms with Crippen LogP contribution in [0.5, 0.6) is 0 Å². The molecule has 1 aliphatic heterocycles. The molecule has 0 aromatic heterocycles. The van der Waals surface area contributed by atoms with Gasteiger partial charge in [-0.1, -0.05) is 13.8 Å². The van der Waals surface area contributed by atoms with Crippen LogP contribution in [0.15, 0.2) is 18.2 Å². The van der Waals surface area contributed by atoms with Crippen molar-refractivity contribution in [3.8, 4) is 0 Å². The standard InChI is InChI=1S/C15H19FN2O4/c1-9(2)14-10(5-6-22-14)8-17-15(19)12-4-3-11(18(20)21)7-13(12)16/h3-4,7,9-10,14H,5-6,8H2,1-2H3,(H,17,19). The molecule has 1 N–H and O–H groups in total. The van der Waals surface area contributed by atoms with E-state index in [1.807, 2.05) is 0 Å². The molecule has 0 bridgehead atoms. The van der Waals surface area contributed by atoms with Crippen LogP contribution in [0.2, 0.25) is 0 Å². The predicted molar refractivity (Wildman–Crippen MR) is 78.1 cm³/mol. The Morgan fingerprint density at radius 3 is 2.86 bits per heavy atom. The highest BCUT2D eigenvalue weighted by atomic mass is 19.1. The number of benzene rings is 1. The van der Waals surface area contributed by atoms with Crippen LogP contribution >= 0.6 is 0 Å². The van der Waals surface area contributed by atoms with Crippen molar-refractivity contribution in [2.45, 2.75) is 26.4 Å². The molecule has 120 valence electrons. The first kappa shape index (κ1) is 16.4. The number of carbonyl (C=O) groups excluding carboxylic acids is 1. The summed E-state index contributed by atoms with van der Waals surface area (Å²) in [5.41, 5.74) is -0.566. The second-order valence-corrected chi connectivity index (χ2v) is 5.76. The van der Waals surface area contributed by atoms with E-state index in [-0.39, 0.29) is 23.3 Å². The lowest BCUT2D eigenvalue weighted by molar-refractivity contribution is -0.385. The van der Waals surface area contributed by atoms with E-state index in [1.165, 1.54) is 0 Å². The summed E-state index contributed by atoms with van der Waals surface area (Å²) < 4.78 is 19.4. The summed E-state index contributed by atoms with van der Waals surface area (Å²) in [5.74, 6) is -0.915. The molecule has 1 aliphatic rings. The van der Waals surface area contributed by atoms with Crippen molar-refractivity contribution in [2.24, 2.45) is 11.8 Å². The number of nitrogens with one attached hydrogen (secondary N) is 1. The maximum atomic E-state index is 13.8. The highest BCUT2D eigenvalue weighted by Gasteiger charge is 2.31. The van der Waals surface area contributed by atoms with Crippen LogP contribution in [0.1, 0.15) is 30.6 Å². The number of nitro benzene ring substituents is 1. The largest absolute Gasteiger partial charge is 0.378 e. The van der Waals surface area contributed by atoms with Gasteiger partial charge in [0.1, 0.15) is 5.82 Å². The molecular formula is C15H19FN2O4. The minimum Gasteiger partial charge on any atom is -0.378 e. The molecule has 1 aromatic carbocycles. The molecule has 6 nitrogen and oxygen atoms in total. The summed E-state index contributed by atoms with van der Waals surface area (Å²) in [6.07, 6.45) is 0.938. The minimum atomic E-state index is -0.894. The zero-order valence-corrected chi connectivity index (χ0v) is 12.5. The Kier molecular flexibility index (Phi) is 5.07. The van der Waals surface area contributed by atoms with Gasteiger partial charge in [-0.15, -0.1) is 0 Å². The molecule has 0 radical (unpaired) electrons. The fraction of sp³-hybridized carbons (Fsp3) is 0.533. The lowest BCUT2D eigenvalue weighted by atomic mass is 9.93. The number of carbonyl (C=O) groups is 1. The zero-order valence-electron chi connectivity index (χ0n) is 12.5. The Labute approximate surface area is 127 Å². The van der Waals surface area contributed by atoms with E-state index in [1.54, 1.807) is 0 Å². The van der Waals surface area contributed by atoms with E-state index in [9.17, 15) is 19.3 Å². The Bertz CT molecular complexity index is 577. The van der Waals surface area contributed by atoms with Gasteiger partial charge in [0.25, 0.3) is 11.6 Å². The normalized spacial score (nSPS) is 21.1. The maximum absolute atomic E-state index is 13.8. The summed E-state index contributed by atoms with van der Waals surface area (Å²) in [6.45, 7) is 5.18. The van der Waals surface area contributed by atoms with Gasteiger partial charge in [0.05, 0.1) is 22.7 Å². The highest BCUT2D eigenvalue weighted by Crippen LogP contribution is 2.26. The summed E-state index contributed by atoms with van der Waals surface area (Å²) >= 11 is 0. The molecule has 22 heavy (non-hydrogen) atoms. The van der Waals surface area contributed by atoms with Crippen LogP contribution in [0, 0.1) is 27.8 Å². The van der Waals surface area contributed by atoms with Crippen molar-refractivity contribution in [1.29, 1.82) is 0 Å². The average molecular weight is 310 g/mol. The van der Waals surface area contributed by atoms with Gasteiger partial charge in [0.15, 0.2) is 0 Å². The van der Waals surface area contributed by atoms with E-state index in [0.717, 1.165) is 24.6 Å². The summed E-state index contributed by atoms with van der Waals surface area (Å²) in [7, 11) is 0. The number of nitrogens with zero attached hydrogens (tertiary/aromatic N) is 1. The van der Waals surface area contributed by atoms with Gasteiger partial charge in [-0.25, -0.2) is 4.39 Å². The van der Waals surface area contributed by atoms with Gasteiger partial charge in [-0.2, -0.15) is 0 Å². The lowest BCUT2D eigenvalue weighted by Gasteiger charge is -2.22. The number of rotatable bonds is 5. The number of halogens is 1. The molecule has 2 unspecified atom stereocenters. The summed E-state index contributed by atoms with van der Waals surface area (Å²) in [6, 6.07) is 3.01. The van der Waals surface area contributed by atoms with Crippen LogP contribution < -0.4 is 5.32 Å². The topological polar surface area (TPSA) is 81.5 Å². The molecule has 1 fully saturated rings. The molecule has 7 heteroatoms. The number of nitro groups is 1. The first-order valence-electron chi connectivity index (χ1n) is 7.24. The average Bonchev–Trinajstić information content (AvgIpc) is 2.93. The van der Waals surface area contributed by atoms with Gasteiger partial charge in [-0.05, 0) is 18.4 Å². The number of non-ortho nitro benzene ring substituents is 1. The number of hydrogen-bond donors (Lipinski definition) is 1. The van der Waals surface area contributed by atoms with Crippen molar-refractivity contribution in [3.05, 3.63) is 39.7 Å². The lowest BCUT2D eigenvalue weighted by Crippen LogP contribution is -2.35. The predicted octanol–water partition coefficient (Wildman–Crippen LogP) is 2.52. The third-order valence-electron chi connectivity index (χ3n) is 3.85. The van der Waals surface area contributed by atoms with E-state index < -0.39 is 16.6 Å². The van der Waals surface area contributed by atoms with Crippen molar-refractivity contribution in [1.82, 2.24) is 5.32 Å². The molecule has 2 rings (SSSR count). The van der Waals surface area contributed by atoms with Crippen molar-refractivity contribution in [2.75, 3.05) is 13.2 Å². The van der Waals surface area contributed by atoms with E-state index in [2.05, 4.69) is 19.2 Å². The van der Waals surface area contributed by atoms with Crippen LogP contribution in [-0.4, -0.2) is 30.1 Å². The quantitative estimate of drug-likeness (QED) is 0.669. The van der Waals surface area contributed by atoms with Crippen molar-refractivity contribution < 1.29 is 18.8 Å². The molecule has 0 saturated carbocycles. The molecule has 1 aromatic rings.